The molecular formula is C24H38N6O. The molecule has 2 aliphatic rings. The van der Waals surface area contributed by atoms with Gasteiger partial charge in [0.25, 0.3) is 5.91 Å². The normalized spacial score (nSPS) is 20.3. The number of amidine groups is 1. The summed E-state index contributed by atoms with van der Waals surface area (Å²) < 4.78 is 0. The Labute approximate surface area is 186 Å². The number of carbonyl (C=O) groups excluding carboxylic acids is 1. The van der Waals surface area contributed by atoms with Gasteiger partial charge < -0.3 is 21.3 Å². The lowest BCUT2D eigenvalue weighted by atomic mass is 10.0. The molecule has 170 valence electrons. The lowest BCUT2D eigenvalue weighted by molar-refractivity contribution is -0.114. The van der Waals surface area contributed by atoms with Crippen molar-refractivity contribution in [2.75, 3.05) is 51.2 Å². The summed E-state index contributed by atoms with van der Waals surface area (Å²) in [5, 5.41) is 0. The van der Waals surface area contributed by atoms with E-state index in [-0.39, 0.29) is 5.84 Å². The fourth-order valence-corrected chi connectivity index (χ4v) is 4.57. The Morgan fingerprint density at radius 2 is 1.81 bits per heavy atom. The van der Waals surface area contributed by atoms with Crippen molar-refractivity contribution in [3.05, 3.63) is 35.4 Å². The van der Waals surface area contributed by atoms with Crippen molar-refractivity contribution in [1.82, 2.24) is 9.80 Å². The van der Waals surface area contributed by atoms with Crippen molar-refractivity contribution in [2.45, 2.75) is 45.6 Å². The summed E-state index contributed by atoms with van der Waals surface area (Å²) in [7, 11) is 2.22. The number of nitrogens with zero attached hydrogens (tertiary/aromatic N) is 4. The molecule has 31 heavy (non-hydrogen) atoms. The summed E-state index contributed by atoms with van der Waals surface area (Å²) in [6.45, 7) is 10.9. The number of allylic oxidation sites excluding steroid dienone is 1. The van der Waals surface area contributed by atoms with Gasteiger partial charge in [-0.05, 0) is 70.1 Å². The molecule has 2 fully saturated rings. The average molecular weight is 427 g/mol. The Bertz CT molecular complexity index is 817. The molecule has 3 rings (SSSR count). The number of carbonyl (C=O) groups is 1. The predicted molar refractivity (Wildman–Crippen MR) is 129 cm³/mol. The number of nitrogens with two attached hydrogens (primary N) is 2. The van der Waals surface area contributed by atoms with E-state index in [1.807, 2.05) is 19.1 Å². The minimum Gasteiger partial charge on any atom is -0.383 e. The molecule has 0 saturated carbocycles. The summed E-state index contributed by atoms with van der Waals surface area (Å²) in [5.74, 6) is -0.356. The molecule has 1 aromatic carbocycles. The van der Waals surface area contributed by atoms with Crippen LogP contribution in [-0.2, 0) is 4.79 Å². The fourth-order valence-electron chi connectivity index (χ4n) is 4.57. The largest absolute Gasteiger partial charge is 0.383 e. The first-order valence-corrected chi connectivity index (χ1v) is 11.5. The molecule has 0 bridgehead atoms. The van der Waals surface area contributed by atoms with Crippen LogP contribution in [-0.4, -0.2) is 73.9 Å². The number of rotatable bonds is 7. The van der Waals surface area contributed by atoms with Crippen LogP contribution in [0.5, 0.6) is 0 Å². The number of piperidine rings is 1. The fraction of sp³-hybridized carbons (Fsp3) is 0.583. The van der Waals surface area contributed by atoms with Gasteiger partial charge in [-0.2, -0.15) is 0 Å². The highest BCUT2D eigenvalue weighted by atomic mass is 16.1. The highest BCUT2D eigenvalue weighted by molar-refractivity contribution is 6.20. The van der Waals surface area contributed by atoms with E-state index in [4.69, 9.17) is 11.5 Å². The Balaban J connectivity index is 1.64. The molecule has 4 N–H and O–H groups in total. The van der Waals surface area contributed by atoms with Gasteiger partial charge in [0, 0.05) is 37.9 Å². The van der Waals surface area contributed by atoms with Gasteiger partial charge in [0.15, 0.2) is 0 Å². The lowest BCUT2D eigenvalue weighted by Crippen LogP contribution is -2.53. The van der Waals surface area contributed by atoms with Crippen LogP contribution in [0, 0.1) is 6.92 Å². The van der Waals surface area contributed by atoms with Crippen LogP contribution in [0.4, 0.5) is 11.4 Å². The zero-order chi connectivity index (χ0) is 22.4. The van der Waals surface area contributed by atoms with E-state index in [0.717, 1.165) is 50.7 Å². The van der Waals surface area contributed by atoms with Gasteiger partial charge in [0.1, 0.15) is 5.84 Å². The van der Waals surface area contributed by atoms with Crippen molar-refractivity contribution < 1.29 is 4.79 Å². The molecule has 0 aromatic heterocycles. The number of primary amides is 1. The predicted octanol–water partition coefficient (Wildman–Crippen LogP) is 2.41. The Morgan fingerprint density at radius 3 is 2.39 bits per heavy atom. The van der Waals surface area contributed by atoms with E-state index >= 15 is 0 Å². The van der Waals surface area contributed by atoms with Crippen LogP contribution in [0.25, 0.3) is 0 Å². The smallest absolute Gasteiger partial charge is 0.252 e. The highest BCUT2D eigenvalue weighted by Gasteiger charge is 2.26. The second kappa shape index (κ2) is 10.8. The van der Waals surface area contributed by atoms with E-state index < -0.39 is 5.91 Å². The van der Waals surface area contributed by atoms with Crippen molar-refractivity contribution in [1.29, 1.82) is 0 Å². The zero-order valence-electron chi connectivity index (χ0n) is 19.3. The monoisotopic (exact) mass is 426 g/mol. The van der Waals surface area contributed by atoms with Gasteiger partial charge in [-0.1, -0.05) is 19.4 Å². The maximum absolute atomic E-state index is 11.7. The standard InChI is InChI=1S/C24H38N6O/c1-4-5-6-21(24(26)31)23(25)27-19-7-8-22(18(2)17-19)30-15-13-29(14-16-30)20-9-11-28(3)12-10-20/h6-8,17,20H,4-5,9-16H2,1-3H3,(H2,25,27)(H2,26,31)/b21-6-. The number of hydrogen-bond donors (Lipinski definition) is 2. The summed E-state index contributed by atoms with van der Waals surface area (Å²) in [4.78, 5) is 23.7. The van der Waals surface area contributed by atoms with Crippen molar-refractivity contribution in [2.24, 2.45) is 16.5 Å². The molecule has 0 unspecified atom stereocenters. The van der Waals surface area contributed by atoms with Crippen molar-refractivity contribution in [3.63, 3.8) is 0 Å². The molecule has 0 atom stereocenters. The summed E-state index contributed by atoms with van der Waals surface area (Å²) >= 11 is 0. The third kappa shape index (κ3) is 6.08. The van der Waals surface area contributed by atoms with Crippen molar-refractivity contribution >= 4 is 23.1 Å². The third-order valence-electron chi connectivity index (χ3n) is 6.47. The average Bonchev–Trinajstić information content (AvgIpc) is 2.75. The van der Waals surface area contributed by atoms with Crippen LogP contribution in [0.15, 0.2) is 34.8 Å². The number of amides is 1. The molecule has 7 nitrogen and oxygen atoms in total. The number of benzene rings is 1. The van der Waals surface area contributed by atoms with Crippen LogP contribution < -0.4 is 16.4 Å². The maximum atomic E-state index is 11.7. The Kier molecular flexibility index (Phi) is 8.09. The number of unbranched alkanes of at least 4 members (excludes halogenated alkanes) is 1. The first kappa shape index (κ1) is 23.3. The lowest BCUT2D eigenvalue weighted by Gasteiger charge is -2.43. The molecule has 2 heterocycles. The van der Waals surface area contributed by atoms with Crippen LogP contribution in [0.2, 0.25) is 0 Å². The molecule has 0 radical (unpaired) electrons. The number of likely N-dealkylation sites (tertiary alicyclic amines) is 1. The number of piperazine rings is 1. The highest BCUT2D eigenvalue weighted by Crippen LogP contribution is 2.27. The van der Waals surface area contributed by atoms with Gasteiger partial charge in [0.2, 0.25) is 0 Å². The molecule has 2 aliphatic heterocycles. The zero-order valence-corrected chi connectivity index (χ0v) is 19.3. The van der Waals surface area contributed by atoms with Crippen molar-refractivity contribution in [3.8, 4) is 0 Å². The van der Waals surface area contributed by atoms with Crippen LogP contribution in [0.3, 0.4) is 0 Å². The van der Waals surface area contributed by atoms with E-state index in [1.165, 1.54) is 37.2 Å². The minimum absolute atomic E-state index is 0.180. The summed E-state index contributed by atoms with van der Waals surface area (Å²) in [6.07, 6.45) is 6.00. The molecule has 7 heteroatoms. The van der Waals surface area contributed by atoms with E-state index in [0.29, 0.717) is 5.57 Å². The Morgan fingerprint density at radius 1 is 1.13 bits per heavy atom. The molecular weight excluding hydrogens is 388 g/mol. The number of anilines is 1. The maximum Gasteiger partial charge on any atom is 0.252 e. The number of aryl methyl sites for hydroxylation is 1. The first-order chi connectivity index (χ1) is 14.9. The van der Waals surface area contributed by atoms with Gasteiger partial charge in [-0.25, -0.2) is 4.99 Å². The van der Waals surface area contributed by atoms with E-state index in [2.05, 4.69) is 39.7 Å². The topological polar surface area (TPSA) is 91.2 Å². The summed E-state index contributed by atoms with van der Waals surface area (Å²) in [5.41, 5.74) is 15.0. The molecule has 1 aromatic rings. The quantitative estimate of drug-likeness (QED) is 0.397. The second-order valence-corrected chi connectivity index (χ2v) is 8.80. The third-order valence-corrected chi connectivity index (χ3v) is 6.47. The Hall–Kier alpha value is -2.38. The molecule has 1 amide bonds. The van der Waals surface area contributed by atoms with Gasteiger partial charge in [0.05, 0.1) is 11.3 Å². The SMILES string of the molecule is CCC/C=C(\C(N)=O)C(N)=Nc1ccc(N2CCN(C3CCN(C)CC3)CC2)c(C)c1. The second-order valence-electron chi connectivity index (χ2n) is 8.80. The van der Waals surface area contributed by atoms with Gasteiger partial charge in [-0.15, -0.1) is 0 Å². The summed E-state index contributed by atoms with van der Waals surface area (Å²) in [6, 6.07) is 6.85. The molecule has 0 aliphatic carbocycles. The first-order valence-electron chi connectivity index (χ1n) is 11.5. The number of aliphatic imine (C=N–C) groups is 1. The minimum atomic E-state index is -0.537. The van der Waals surface area contributed by atoms with Gasteiger partial charge >= 0.3 is 0 Å². The van der Waals surface area contributed by atoms with Crippen LogP contribution >= 0.6 is 0 Å². The van der Waals surface area contributed by atoms with Crippen LogP contribution in [0.1, 0.15) is 38.2 Å². The van der Waals surface area contributed by atoms with E-state index in [9.17, 15) is 4.79 Å². The van der Waals surface area contributed by atoms with E-state index in [1.54, 1.807) is 6.08 Å². The number of hydrogen-bond acceptors (Lipinski definition) is 5. The molecule has 2 saturated heterocycles. The van der Waals surface area contributed by atoms with Gasteiger partial charge in [-0.3, -0.25) is 9.69 Å². The molecule has 0 spiro atoms.